The number of rotatable bonds is 5. The van der Waals surface area contributed by atoms with Gasteiger partial charge < -0.3 is 9.64 Å². The Balaban J connectivity index is 2.47. The predicted octanol–water partition coefficient (Wildman–Crippen LogP) is 0.825. The van der Waals surface area contributed by atoms with E-state index in [9.17, 15) is 4.79 Å². The van der Waals surface area contributed by atoms with Gasteiger partial charge in [-0.15, -0.1) is 0 Å². The molecule has 1 fully saturated rings. The summed E-state index contributed by atoms with van der Waals surface area (Å²) in [5, 5.41) is 3.30. The molecular weight excluding hydrogens is 192 g/mol. The third kappa shape index (κ3) is 2.92. The molecule has 4 heteroatoms. The highest BCUT2D eigenvalue weighted by Crippen LogP contribution is 2.16. The first kappa shape index (κ1) is 12.5. The van der Waals surface area contributed by atoms with Crippen molar-refractivity contribution in [2.45, 2.75) is 39.9 Å². The van der Waals surface area contributed by atoms with Crippen molar-refractivity contribution in [2.75, 3.05) is 19.8 Å². The molecular formula is C11H22N2O2. The summed E-state index contributed by atoms with van der Waals surface area (Å²) in [6, 6.07) is -0.0263. The van der Waals surface area contributed by atoms with E-state index in [4.69, 9.17) is 4.74 Å². The number of hydrogen-bond donors (Lipinski definition) is 1. The maximum absolute atomic E-state index is 12.0. The van der Waals surface area contributed by atoms with E-state index in [-0.39, 0.29) is 18.1 Å². The second-order valence-electron chi connectivity index (χ2n) is 4.29. The van der Waals surface area contributed by atoms with Gasteiger partial charge in [0.1, 0.15) is 0 Å². The van der Waals surface area contributed by atoms with Gasteiger partial charge in [0.2, 0.25) is 5.91 Å². The molecule has 1 aliphatic rings. The first-order valence-electron chi connectivity index (χ1n) is 5.72. The van der Waals surface area contributed by atoms with Gasteiger partial charge in [0.05, 0.1) is 18.8 Å². The number of hydrogen-bond acceptors (Lipinski definition) is 3. The van der Waals surface area contributed by atoms with Crippen molar-refractivity contribution in [3.8, 4) is 0 Å². The Morgan fingerprint density at radius 3 is 2.67 bits per heavy atom. The molecule has 0 aromatic heterocycles. The lowest BCUT2D eigenvalue weighted by Crippen LogP contribution is -2.37. The molecule has 1 saturated heterocycles. The summed E-state index contributed by atoms with van der Waals surface area (Å²) in [4.78, 5) is 13.8. The van der Waals surface area contributed by atoms with E-state index in [1.807, 2.05) is 18.7 Å². The molecule has 4 nitrogen and oxygen atoms in total. The Labute approximate surface area is 92.0 Å². The van der Waals surface area contributed by atoms with Gasteiger partial charge in [0.25, 0.3) is 0 Å². The lowest BCUT2D eigenvalue weighted by molar-refractivity contribution is -0.131. The van der Waals surface area contributed by atoms with Crippen molar-refractivity contribution in [1.29, 1.82) is 0 Å². The lowest BCUT2D eigenvalue weighted by atomic mass is 10.1. The van der Waals surface area contributed by atoms with Crippen molar-refractivity contribution < 1.29 is 9.53 Å². The minimum absolute atomic E-state index is 0.0263. The van der Waals surface area contributed by atoms with Gasteiger partial charge in [-0.25, -0.2) is 0 Å². The van der Waals surface area contributed by atoms with Crippen LogP contribution < -0.4 is 5.32 Å². The van der Waals surface area contributed by atoms with Crippen LogP contribution in [0.25, 0.3) is 0 Å². The fraction of sp³-hybridized carbons (Fsp3) is 0.909. The molecule has 0 saturated carbocycles. The fourth-order valence-electron chi connectivity index (χ4n) is 1.88. The minimum Gasteiger partial charge on any atom is -0.380 e. The average Bonchev–Trinajstić information content (AvgIpc) is 2.45. The van der Waals surface area contributed by atoms with Gasteiger partial charge in [0, 0.05) is 13.2 Å². The Hall–Kier alpha value is -0.610. The second-order valence-corrected chi connectivity index (χ2v) is 4.29. The molecule has 1 aliphatic heterocycles. The zero-order valence-electron chi connectivity index (χ0n) is 10.1. The zero-order valence-corrected chi connectivity index (χ0v) is 10.1. The van der Waals surface area contributed by atoms with Crippen molar-refractivity contribution in [3.05, 3.63) is 0 Å². The summed E-state index contributed by atoms with van der Waals surface area (Å²) < 4.78 is 5.27. The molecule has 15 heavy (non-hydrogen) atoms. The Morgan fingerprint density at radius 1 is 1.53 bits per heavy atom. The first-order valence-corrected chi connectivity index (χ1v) is 5.72. The topological polar surface area (TPSA) is 41.6 Å². The first-order chi connectivity index (χ1) is 7.07. The smallest absolute Gasteiger partial charge is 0.241 e. The molecule has 0 bridgehead atoms. The molecule has 88 valence electrons. The molecule has 0 aliphatic carbocycles. The van der Waals surface area contributed by atoms with Crippen LogP contribution in [0.1, 0.15) is 27.7 Å². The quantitative estimate of drug-likeness (QED) is 0.689. The summed E-state index contributed by atoms with van der Waals surface area (Å²) in [6.45, 7) is 10.1. The van der Waals surface area contributed by atoms with Gasteiger partial charge in [-0.3, -0.25) is 10.1 Å². The standard InChI is InChI=1S/C11H22N2O2/c1-5-15-7-6-13-9(4)12-10(8(2)3)11(13)14/h8-10,12H,5-7H2,1-4H3. The monoisotopic (exact) mass is 214 g/mol. The molecule has 1 heterocycles. The van der Waals surface area contributed by atoms with Gasteiger partial charge in [-0.1, -0.05) is 13.8 Å². The number of ether oxygens (including phenoxy) is 1. The second kappa shape index (κ2) is 5.47. The molecule has 0 radical (unpaired) electrons. The Bertz CT molecular complexity index is 219. The molecule has 0 aromatic rings. The van der Waals surface area contributed by atoms with E-state index >= 15 is 0 Å². The van der Waals surface area contributed by atoms with Crippen LogP contribution in [0.2, 0.25) is 0 Å². The molecule has 1 amide bonds. The van der Waals surface area contributed by atoms with Crippen molar-refractivity contribution >= 4 is 5.91 Å². The van der Waals surface area contributed by atoms with E-state index in [2.05, 4.69) is 19.2 Å². The maximum Gasteiger partial charge on any atom is 0.241 e. The normalized spacial score (nSPS) is 26.7. The number of carbonyl (C=O) groups excluding carboxylic acids is 1. The summed E-state index contributed by atoms with van der Waals surface area (Å²) in [5.74, 6) is 0.550. The third-order valence-corrected chi connectivity index (χ3v) is 2.78. The molecule has 2 unspecified atom stereocenters. The highest BCUT2D eigenvalue weighted by molar-refractivity contribution is 5.84. The van der Waals surface area contributed by atoms with E-state index < -0.39 is 0 Å². The summed E-state index contributed by atoms with van der Waals surface area (Å²) in [6.07, 6.45) is 0.130. The van der Waals surface area contributed by atoms with Crippen molar-refractivity contribution in [3.63, 3.8) is 0 Å². The fourth-order valence-corrected chi connectivity index (χ4v) is 1.88. The molecule has 0 aromatic carbocycles. The van der Waals surface area contributed by atoms with Gasteiger partial charge >= 0.3 is 0 Å². The summed E-state index contributed by atoms with van der Waals surface area (Å²) >= 11 is 0. The van der Waals surface area contributed by atoms with Crippen molar-refractivity contribution in [1.82, 2.24) is 10.2 Å². The van der Waals surface area contributed by atoms with E-state index in [0.29, 0.717) is 25.7 Å². The summed E-state index contributed by atoms with van der Waals surface area (Å²) in [5.41, 5.74) is 0. The van der Waals surface area contributed by atoms with Gasteiger partial charge in [0.15, 0.2) is 0 Å². The molecule has 0 spiro atoms. The van der Waals surface area contributed by atoms with Gasteiger partial charge in [-0.05, 0) is 19.8 Å². The van der Waals surface area contributed by atoms with Crippen molar-refractivity contribution in [2.24, 2.45) is 5.92 Å². The van der Waals surface area contributed by atoms with E-state index in [0.717, 1.165) is 0 Å². The molecule has 2 atom stereocenters. The van der Waals surface area contributed by atoms with Crippen LogP contribution >= 0.6 is 0 Å². The Kier molecular flexibility index (Phi) is 4.54. The lowest BCUT2D eigenvalue weighted by Gasteiger charge is -2.20. The van der Waals surface area contributed by atoms with E-state index in [1.54, 1.807) is 0 Å². The van der Waals surface area contributed by atoms with Crippen LogP contribution in [0.5, 0.6) is 0 Å². The van der Waals surface area contributed by atoms with Gasteiger partial charge in [-0.2, -0.15) is 0 Å². The Morgan fingerprint density at radius 2 is 2.20 bits per heavy atom. The van der Waals surface area contributed by atoms with Crippen LogP contribution in [0, 0.1) is 5.92 Å². The number of amides is 1. The highest BCUT2D eigenvalue weighted by Gasteiger charge is 2.37. The predicted molar refractivity (Wildman–Crippen MR) is 59.4 cm³/mol. The third-order valence-electron chi connectivity index (χ3n) is 2.78. The SMILES string of the molecule is CCOCCN1C(=O)C(C(C)C)NC1C. The number of nitrogens with one attached hydrogen (secondary N) is 1. The van der Waals surface area contributed by atoms with E-state index in [1.165, 1.54) is 0 Å². The van der Waals surface area contributed by atoms with Crippen LogP contribution in [0.4, 0.5) is 0 Å². The highest BCUT2D eigenvalue weighted by atomic mass is 16.5. The van der Waals surface area contributed by atoms with Crippen LogP contribution in [0.3, 0.4) is 0 Å². The summed E-state index contributed by atoms with van der Waals surface area (Å²) in [7, 11) is 0. The molecule has 1 rings (SSSR count). The zero-order chi connectivity index (χ0) is 11.4. The number of nitrogens with zero attached hydrogens (tertiary/aromatic N) is 1. The van der Waals surface area contributed by atoms with Crippen LogP contribution in [0.15, 0.2) is 0 Å². The maximum atomic E-state index is 12.0. The minimum atomic E-state index is -0.0263. The molecule has 1 N–H and O–H groups in total. The van der Waals surface area contributed by atoms with Crippen LogP contribution in [-0.2, 0) is 9.53 Å². The largest absolute Gasteiger partial charge is 0.380 e. The number of carbonyl (C=O) groups is 1. The van der Waals surface area contributed by atoms with Crippen LogP contribution in [-0.4, -0.2) is 42.8 Å². The average molecular weight is 214 g/mol.